The van der Waals surface area contributed by atoms with E-state index in [0.717, 1.165) is 0 Å². The van der Waals surface area contributed by atoms with Gasteiger partial charge in [-0.2, -0.15) is 4.72 Å². The molecular formula is C17H22N2O5S. The average Bonchev–Trinajstić information content (AvgIpc) is 2.59. The monoisotopic (exact) mass is 366 g/mol. The molecule has 0 aliphatic rings. The molecule has 0 fully saturated rings. The van der Waals surface area contributed by atoms with Gasteiger partial charge in [0.15, 0.2) is 6.61 Å². The first-order chi connectivity index (χ1) is 11.8. The van der Waals surface area contributed by atoms with Crippen LogP contribution in [0.25, 0.3) is 0 Å². The Morgan fingerprint density at radius 3 is 2.28 bits per heavy atom. The number of nitrogens with zero attached hydrogens (tertiary/aromatic N) is 1. The highest BCUT2D eigenvalue weighted by molar-refractivity contribution is 7.89. The molecule has 0 saturated carbocycles. The Bertz CT molecular complexity index is 706. The third-order valence-corrected chi connectivity index (χ3v) is 4.69. The average molecular weight is 366 g/mol. The molecule has 0 bridgehead atoms. The third-order valence-electron chi connectivity index (χ3n) is 3.13. The first-order valence-electron chi connectivity index (χ1n) is 7.55. The summed E-state index contributed by atoms with van der Waals surface area (Å²) in [6.07, 6.45) is 3.08. The minimum absolute atomic E-state index is 0.0360. The highest BCUT2D eigenvalue weighted by atomic mass is 32.2. The summed E-state index contributed by atoms with van der Waals surface area (Å²) in [5.41, 5.74) is 0. The topological polar surface area (TPSA) is 92.8 Å². The van der Waals surface area contributed by atoms with Gasteiger partial charge in [-0.25, -0.2) is 8.42 Å². The summed E-state index contributed by atoms with van der Waals surface area (Å²) >= 11 is 0. The Hall–Kier alpha value is -2.45. The van der Waals surface area contributed by atoms with Crippen molar-refractivity contribution in [2.24, 2.45) is 0 Å². The molecule has 0 saturated heterocycles. The van der Waals surface area contributed by atoms with Gasteiger partial charge in [0.05, 0.1) is 4.90 Å². The molecule has 1 rings (SSSR count). The maximum absolute atomic E-state index is 12.1. The van der Waals surface area contributed by atoms with Crippen molar-refractivity contribution in [2.45, 2.75) is 17.9 Å². The van der Waals surface area contributed by atoms with Crippen LogP contribution in [0.5, 0.6) is 0 Å². The molecule has 0 heterocycles. The number of hydrogen-bond acceptors (Lipinski definition) is 5. The van der Waals surface area contributed by atoms with Crippen LogP contribution in [0.3, 0.4) is 0 Å². The highest BCUT2D eigenvalue weighted by Crippen LogP contribution is 2.08. The Morgan fingerprint density at radius 2 is 1.76 bits per heavy atom. The van der Waals surface area contributed by atoms with Crippen LogP contribution in [0, 0.1) is 0 Å². The number of ether oxygens (including phenoxy) is 1. The van der Waals surface area contributed by atoms with Crippen LogP contribution in [0.4, 0.5) is 0 Å². The number of rotatable bonds is 10. The van der Waals surface area contributed by atoms with Crippen molar-refractivity contribution in [3.8, 4) is 0 Å². The fourth-order valence-corrected chi connectivity index (χ4v) is 3.10. The van der Waals surface area contributed by atoms with E-state index < -0.39 is 34.5 Å². The van der Waals surface area contributed by atoms with Gasteiger partial charge in [0.1, 0.15) is 6.04 Å². The number of sulfonamides is 1. The molecule has 0 spiro atoms. The van der Waals surface area contributed by atoms with Crippen LogP contribution in [0.1, 0.15) is 6.92 Å². The molecule has 1 aromatic carbocycles. The lowest BCUT2D eigenvalue weighted by atomic mass is 10.4. The summed E-state index contributed by atoms with van der Waals surface area (Å²) in [4.78, 5) is 25.3. The predicted molar refractivity (Wildman–Crippen MR) is 94.2 cm³/mol. The van der Waals surface area contributed by atoms with Crippen molar-refractivity contribution in [1.82, 2.24) is 9.62 Å². The van der Waals surface area contributed by atoms with Gasteiger partial charge < -0.3 is 9.64 Å². The number of esters is 1. The molecule has 1 amide bonds. The normalized spacial score (nSPS) is 12.0. The van der Waals surface area contributed by atoms with Crippen LogP contribution in [-0.2, 0) is 24.3 Å². The van der Waals surface area contributed by atoms with E-state index in [2.05, 4.69) is 17.9 Å². The zero-order chi connectivity index (χ0) is 18.9. The Morgan fingerprint density at radius 1 is 1.20 bits per heavy atom. The Balaban J connectivity index is 2.61. The number of nitrogens with one attached hydrogen (secondary N) is 1. The van der Waals surface area contributed by atoms with Crippen molar-refractivity contribution >= 4 is 21.9 Å². The lowest BCUT2D eigenvalue weighted by Crippen LogP contribution is -2.41. The number of benzene rings is 1. The lowest BCUT2D eigenvalue weighted by Gasteiger charge is -2.20. The van der Waals surface area contributed by atoms with E-state index in [0.29, 0.717) is 13.1 Å². The zero-order valence-corrected chi connectivity index (χ0v) is 14.9. The van der Waals surface area contributed by atoms with E-state index in [9.17, 15) is 18.0 Å². The molecule has 0 aliphatic heterocycles. The summed E-state index contributed by atoms with van der Waals surface area (Å²) in [5, 5.41) is 0. The third kappa shape index (κ3) is 6.52. The van der Waals surface area contributed by atoms with E-state index >= 15 is 0 Å². The summed E-state index contributed by atoms with van der Waals surface area (Å²) < 4.78 is 31.4. The first-order valence-corrected chi connectivity index (χ1v) is 9.03. The number of amides is 1. The van der Waals surface area contributed by atoms with Crippen LogP contribution in [0.15, 0.2) is 60.5 Å². The Labute approximate surface area is 148 Å². The minimum Gasteiger partial charge on any atom is -0.454 e. The van der Waals surface area contributed by atoms with Crippen molar-refractivity contribution in [3.05, 3.63) is 55.6 Å². The lowest BCUT2D eigenvalue weighted by molar-refractivity contribution is -0.152. The second-order valence-electron chi connectivity index (χ2n) is 5.14. The summed E-state index contributed by atoms with van der Waals surface area (Å²) in [5.74, 6) is -1.27. The Kier molecular flexibility index (Phi) is 8.03. The summed E-state index contributed by atoms with van der Waals surface area (Å²) in [6, 6.07) is 6.51. The van der Waals surface area contributed by atoms with E-state index in [1.165, 1.54) is 24.0 Å². The number of carbonyl (C=O) groups excluding carboxylic acids is 2. The summed E-state index contributed by atoms with van der Waals surface area (Å²) in [7, 11) is -3.85. The number of hydrogen-bond donors (Lipinski definition) is 1. The van der Waals surface area contributed by atoms with E-state index in [1.54, 1.807) is 30.4 Å². The smallest absolute Gasteiger partial charge is 0.324 e. The van der Waals surface area contributed by atoms with E-state index in [-0.39, 0.29) is 4.90 Å². The molecule has 136 valence electrons. The van der Waals surface area contributed by atoms with Crippen LogP contribution in [0.2, 0.25) is 0 Å². The molecule has 7 nitrogen and oxygen atoms in total. The molecule has 1 aromatic rings. The standard InChI is InChI=1S/C17H22N2O5S/c1-4-11-19(12-5-2)16(20)13-24-17(21)14(3)18-25(22,23)15-9-7-6-8-10-15/h4-10,14,18H,1-2,11-13H2,3H3/t14-/m0/s1. The molecule has 0 aromatic heterocycles. The van der Waals surface area contributed by atoms with Gasteiger partial charge in [-0.3, -0.25) is 9.59 Å². The van der Waals surface area contributed by atoms with Gasteiger partial charge >= 0.3 is 5.97 Å². The first kappa shape index (κ1) is 20.6. The second kappa shape index (κ2) is 9.75. The molecule has 0 unspecified atom stereocenters. The van der Waals surface area contributed by atoms with E-state index in [1.807, 2.05) is 0 Å². The van der Waals surface area contributed by atoms with Gasteiger partial charge in [-0.1, -0.05) is 30.4 Å². The van der Waals surface area contributed by atoms with Crippen LogP contribution in [-0.4, -0.2) is 50.9 Å². The maximum Gasteiger partial charge on any atom is 0.324 e. The molecule has 8 heteroatoms. The molecular weight excluding hydrogens is 344 g/mol. The molecule has 1 atom stereocenters. The van der Waals surface area contributed by atoms with Gasteiger partial charge in [-0.05, 0) is 19.1 Å². The van der Waals surface area contributed by atoms with E-state index in [4.69, 9.17) is 4.74 Å². The SMILES string of the molecule is C=CCN(CC=C)C(=O)COC(=O)[C@H](C)NS(=O)(=O)c1ccccc1. The second-order valence-corrected chi connectivity index (χ2v) is 6.85. The molecule has 25 heavy (non-hydrogen) atoms. The fourth-order valence-electron chi connectivity index (χ4n) is 1.89. The quantitative estimate of drug-likeness (QED) is 0.494. The van der Waals surface area contributed by atoms with Crippen molar-refractivity contribution in [2.75, 3.05) is 19.7 Å². The minimum atomic E-state index is -3.85. The fraction of sp³-hybridized carbons (Fsp3) is 0.294. The zero-order valence-electron chi connectivity index (χ0n) is 14.1. The van der Waals surface area contributed by atoms with Gasteiger partial charge in [0.25, 0.3) is 5.91 Å². The van der Waals surface area contributed by atoms with Crippen LogP contribution >= 0.6 is 0 Å². The molecule has 0 radical (unpaired) electrons. The van der Waals surface area contributed by atoms with Gasteiger partial charge in [0, 0.05) is 13.1 Å². The van der Waals surface area contributed by atoms with Crippen molar-refractivity contribution in [1.29, 1.82) is 0 Å². The largest absolute Gasteiger partial charge is 0.454 e. The van der Waals surface area contributed by atoms with Crippen LogP contribution < -0.4 is 4.72 Å². The maximum atomic E-state index is 12.1. The number of carbonyl (C=O) groups is 2. The van der Waals surface area contributed by atoms with Crippen molar-refractivity contribution < 1.29 is 22.7 Å². The molecule has 1 N–H and O–H groups in total. The summed E-state index contributed by atoms with van der Waals surface area (Å²) in [6.45, 7) is 8.53. The van der Waals surface area contributed by atoms with Gasteiger partial charge in [-0.15, -0.1) is 13.2 Å². The predicted octanol–water partition coefficient (Wildman–Crippen LogP) is 1.10. The molecule has 0 aliphatic carbocycles. The van der Waals surface area contributed by atoms with Gasteiger partial charge in [0.2, 0.25) is 10.0 Å². The van der Waals surface area contributed by atoms with Crippen molar-refractivity contribution in [3.63, 3.8) is 0 Å². The highest BCUT2D eigenvalue weighted by Gasteiger charge is 2.24.